The summed E-state index contributed by atoms with van der Waals surface area (Å²) < 4.78 is 6.77. The zero-order valence-electron chi connectivity index (χ0n) is 10.9. The lowest BCUT2D eigenvalue weighted by Gasteiger charge is -2.03. The van der Waals surface area contributed by atoms with E-state index in [1.807, 2.05) is 25.3 Å². The van der Waals surface area contributed by atoms with E-state index in [-0.39, 0.29) is 0 Å². The maximum Gasteiger partial charge on any atom is 0.152 e. The van der Waals surface area contributed by atoms with Gasteiger partial charge >= 0.3 is 0 Å². The molecular weight excluding hydrogens is 338 g/mol. The van der Waals surface area contributed by atoms with Gasteiger partial charge in [-0.25, -0.2) is 0 Å². The Balaban J connectivity index is 1.65. The molecule has 0 saturated carbocycles. The third-order valence-electron chi connectivity index (χ3n) is 2.94. The van der Waals surface area contributed by atoms with Gasteiger partial charge in [0.2, 0.25) is 0 Å². The second kappa shape index (κ2) is 5.95. The van der Waals surface area contributed by atoms with Crippen LogP contribution in [0.25, 0.3) is 11.5 Å². The topological polar surface area (TPSA) is 53.9 Å². The van der Waals surface area contributed by atoms with Crippen molar-refractivity contribution in [2.45, 2.75) is 20.0 Å². The standard InChI is InChI=1S/C14H14BrN3OS/c1-9-2-3-13(19-9)14-10(6-17-18-14)5-16-7-12-4-11(15)8-20-12/h2-4,6,8,16H,5,7H2,1H3,(H,17,18). The first-order valence-corrected chi connectivity index (χ1v) is 7.92. The Hall–Kier alpha value is -1.37. The van der Waals surface area contributed by atoms with E-state index in [0.29, 0.717) is 0 Å². The summed E-state index contributed by atoms with van der Waals surface area (Å²) in [5.74, 6) is 1.73. The van der Waals surface area contributed by atoms with Crippen LogP contribution in [0.5, 0.6) is 0 Å². The molecule has 3 aromatic rings. The van der Waals surface area contributed by atoms with Crippen molar-refractivity contribution in [3.8, 4) is 11.5 Å². The van der Waals surface area contributed by atoms with Gasteiger partial charge in [0.05, 0.1) is 6.20 Å². The summed E-state index contributed by atoms with van der Waals surface area (Å²) >= 11 is 5.20. The van der Waals surface area contributed by atoms with Crippen molar-refractivity contribution in [2.24, 2.45) is 0 Å². The van der Waals surface area contributed by atoms with Crippen molar-refractivity contribution in [1.82, 2.24) is 15.5 Å². The van der Waals surface area contributed by atoms with Crippen LogP contribution in [0, 0.1) is 6.92 Å². The Morgan fingerprint density at radius 1 is 1.40 bits per heavy atom. The highest BCUT2D eigenvalue weighted by molar-refractivity contribution is 9.10. The largest absolute Gasteiger partial charge is 0.460 e. The summed E-state index contributed by atoms with van der Waals surface area (Å²) in [5, 5.41) is 12.6. The van der Waals surface area contributed by atoms with E-state index >= 15 is 0 Å². The molecule has 3 heterocycles. The fourth-order valence-corrected chi connectivity index (χ4v) is 3.41. The molecule has 0 unspecified atom stereocenters. The molecule has 0 aliphatic heterocycles. The Kier molecular flexibility index (Phi) is 4.05. The quantitative estimate of drug-likeness (QED) is 0.727. The molecule has 0 spiro atoms. The minimum atomic E-state index is 0.751. The molecule has 6 heteroatoms. The van der Waals surface area contributed by atoms with Crippen molar-refractivity contribution >= 4 is 27.3 Å². The molecule has 20 heavy (non-hydrogen) atoms. The van der Waals surface area contributed by atoms with E-state index in [9.17, 15) is 0 Å². The number of aromatic amines is 1. The van der Waals surface area contributed by atoms with Crippen molar-refractivity contribution in [2.75, 3.05) is 0 Å². The van der Waals surface area contributed by atoms with E-state index in [1.54, 1.807) is 11.3 Å². The Labute approximate surface area is 129 Å². The molecule has 0 bridgehead atoms. The average Bonchev–Trinajstić information content (AvgIpc) is 3.11. The molecule has 0 aromatic carbocycles. The maximum atomic E-state index is 5.63. The summed E-state index contributed by atoms with van der Waals surface area (Å²) in [6, 6.07) is 6.04. The van der Waals surface area contributed by atoms with Gasteiger partial charge in [0, 0.05) is 33.4 Å². The third-order valence-corrected chi connectivity index (χ3v) is 4.64. The van der Waals surface area contributed by atoms with Gasteiger partial charge in [0.1, 0.15) is 11.5 Å². The van der Waals surface area contributed by atoms with Gasteiger partial charge in [0.15, 0.2) is 5.76 Å². The van der Waals surface area contributed by atoms with E-state index in [1.165, 1.54) is 4.88 Å². The Morgan fingerprint density at radius 3 is 3.00 bits per heavy atom. The number of aromatic nitrogens is 2. The maximum absolute atomic E-state index is 5.63. The zero-order chi connectivity index (χ0) is 13.9. The summed E-state index contributed by atoms with van der Waals surface area (Å²) in [4.78, 5) is 1.30. The van der Waals surface area contributed by atoms with Crippen molar-refractivity contribution < 1.29 is 4.42 Å². The number of rotatable bonds is 5. The molecule has 0 aliphatic rings. The Bertz CT molecular complexity index is 701. The molecule has 0 amide bonds. The Morgan fingerprint density at radius 2 is 2.30 bits per heavy atom. The summed E-state index contributed by atoms with van der Waals surface area (Å²) in [7, 11) is 0. The predicted octanol–water partition coefficient (Wildman–Crippen LogP) is 4.09. The molecule has 4 nitrogen and oxygen atoms in total. The lowest BCUT2D eigenvalue weighted by atomic mass is 10.2. The molecular formula is C14H14BrN3OS. The van der Waals surface area contributed by atoms with Crippen LogP contribution in [0.3, 0.4) is 0 Å². The van der Waals surface area contributed by atoms with E-state index in [2.05, 4.69) is 42.9 Å². The van der Waals surface area contributed by atoms with Crippen LogP contribution in [0.1, 0.15) is 16.2 Å². The number of nitrogens with zero attached hydrogens (tertiary/aromatic N) is 1. The second-order valence-corrected chi connectivity index (χ2v) is 6.43. The summed E-state index contributed by atoms with van der Waals surface area (Å²) in [5.41, 5.74) is 2.05. The van der Waals surface area contributed by atoms with Crippen LogP contribution in [-0.4, -0.2) is 10.2 Å². The van der Waals surface area contributed by atoms with E-state index < -0.39 is 0 Å². The number of aryl methyl sites for hydroxylation is 1. The van der Waals surface area contributed by atoms with Gasteiger partial charge in [0.25, 0.3) is 0 Å². The van der Waals surface area contributed by atoms with Gasteiger partial charge in [-0.05, 0) is 41.1 Å². The SMILES string of the molecule is Cc1ccc(-c2[nH]ncc2CNCc2cc(Br)cs2)o1. The third kappa shape index (κ3) is 3.03. The minimum absolute atomic E-state index is 0.751. The van der Waals surface area contributed by atoms with E-state index in [4.69, 9.17) is 4.42 Å². The molecule has 0 aliphatic carbocycles. The van der Waals surface area contributed by atoms with Crippen LogP contribution in [0.2, 0.25) is 0 Å². The molecule has 0 radical (unpaired) electrons. The summed E-state index contributed by atoms with van der Waals surface area (Å²) in [6.07, 6.45) is 1.84. The van der Waals surface area contributed by atoms with Gasteiger partial charge in [-0.1, -0.05) is 0 Å². The van der Waals surface area contributed by atoms with Crippen LogP contribution in [0.15, 0.2) is 38.7 Å². The monoisotopic (exact) mass is 351 g/mol. The van der Waals surface area contributed by atoms with Crippen molar-refractivity contribution in [3.05, 3.63) is 50.4 Å². The minimum Gasteiger partial charge on any atom is -0.460 e. The summed E-state index contributed by atoms with van der Waals surface area (Å²) in [6.45, 7) is 3.53. The second-order valence-electron chi connectivity index (χ2n) is 4.52. The van der Waals surface area contributed by atoms with Crippen LogP contribution in [-0.2, 0) is 13.1 Å². The molecule has 0 fully saturated rings. The molecule has 0 saturated heterocycles. The van der Waals surface area contributed by atoms with Crippen LogP contribution < -0.4 is 5.32 Å². The number of hydrogen-bond acceptors (Lipinski definition) is 4. The number of H-pyrrole nitrogens is 1. The lowest BCUT2D eigenvalue weighted by molar-refractivity contribution is 0.545. The van der Waals surface area contributed by atoms with Gasteiger partial charge in [-0.2, -0.15) is 5.10 Å². The smallest absolute Gasteiger partial charge is 0.152 e. The number of hydrogen-bond donors (Lipinski definition) is 2. The first-order valence-electron chi connectivity index (χ1n) is 6.25. The number of nitrogens with one attached hydrogen (secondary N) is 2. The van der Waals surface area contributed by atoms with Crippen molar-refractivity contribution in [1.29, 1.82) is 0 Å². The number of thiophene rings is 1. The molecule has 3 aromatic heterocycles. The molecule has 3 rings (SSSR count). The first-order chi connectivity index (χ1) is 9.72. The molecule has 0 atom stereocenters. The molecule has 2 N–H and O–H groups in total. The zero-order valence-corrected chi connectivity index (χ0v) is 13.3. The van der Waals surface area contributed by atoms with Crippen LogP contribution >= 0.6 is 27.3 Å². The lowest BCUT2D eigenvalue weighted by Crippen LogP contribution is -2.11. The normalized spacial score (nSPS) is 11.1. The van der Waals surface area contributed by atoms with E-state index in [0.717, 1.165) is 40.3 Å². The average molecular weight is 352 g/mol. The number of furan rings is 1. The highest BCUT2D eigenvalue weighted by atomic mass is 79.9. The highest BCUT2D eigenvalue weighted by Crippen LogP contribution is 2.23. The van der Waals surface area contributed by atoms with Gasteiger partial charge in [-0.3, -0.25) is 5.10 Å². The highest BCUT2D eigenvalue weighted by Gasteiger charge is 2.10. The van der Waals surface area contributed by atoms with Gasteiger partial charge in [-0.15, -0.1) is 11.3 Å². The first kappa shape index (κ1) is 13.6. The van der Waals surface area contributed by atoms with Gasteiger partial charge < -0.3 is 9.73 Å². The fourth-order valence-electron chi connectivity index (χ4n) is 1.99. The van der Waals surface area contributed by atoms with Crippen molar-refractivity contribution in [3.63, 3.8) is 0 Å². The predicted molar refractivity (Wildman–Crippen MR) is 83.6 cm³/mol. The van der Waals surface area contributed by atoms with Crippen LogP contribution in [0.4, 0.5) is 0 Å². The fraction of sp³-hybridized carbons (Fsp3) is 0.214. The number of halogens is 1. The molecule has 104 valence electrons.